The number of hydrogen-bond acceptors (Lipinski definition) is 4. The molecule has 0 spiro atoms. The van der Waals surface area contributed by atoms with Gasteiger partial charge in [-0.3, -0.25) is 14.5 Å². The van der Waals surface area contributed by atoms with Gasteiger partial charge in [0.25, 0.3) is 5.91 Å². The van der Waals surface area contributed by atoms with E-state index in [0.717, 1.165) is 11.3 Å². The van der Waals surface area contributed by atoms with Crippen LogP contribution in [0.15, 0.2) is 6.07 Å². The zero-order chi connectivity index (χ0) is 15.6. The van der Waals surface area contributed by atoms with Crippen molar-refractivity contribution in [2.24, 2.45) is 0 Å². The Balaban J connectivity index is 1.98. The lowest BCUT2D eigenvalue weighted by atomic mass is 10.2. The summed E-state index contributed by atoms with van der Waals surface area (Å²) in [5, 5.41) is 9.03. The van der Waals surface area contributed by atoms with E-state index in [-0.39, 0.29) is 5.91 Å². The van der Waals surface area contributed by atoms with Crippen molar-refractivity contribution in [3.63, 3.8) is 0 Å². The van der Waals surface area contributed by atoms with Gasteiger partial charge in [-0.25, -0.2) is 0 Å². The van der Waals surface area contributed by atoms with Gasteiger partial charge < -0.3 is 10.0 Å². The van der Waals surface area contributed by atoms with Gasteiger partial charge in [0.15, 0.2) is 0 Å². The van der Waals surface area contributed by atoms with Crippen LogP contribution in [-0.2, 0) is 11.2 Å². The number of carboxylic acids is 1. The minimum absolute atomic E-state index is 0.0745. The van der Waals surface area contributed by atoms with Crippen LogP contribution in [0, 0.1) is 6.92 Å². The standard InChI is InChI=1S/C15H22N2O3S/c1-4-12-9-13(21-11(12)3)14(18)17-7-5-16(6-8-17)10(2)15(19)20/h9-10H,4-8H2,1-3H3,(H,19,20). The van der Waals surface area contributed by atoms with Gasteiger partial charge in [-0.05, 0) is 31.9 Å². The summed E-state index contributed by atoms with van der Waals surface area (Å²) >= 11 is 1.55. The smallest absolute Gasteiger partial charge is 0.320 e. The normalized spacial score (nSPS) is 17.8. The van der Waals surface area contributed by atoms with Gasteiger partial charge in [0.05, 0.1) is 4.88 Å². The molecule has 1 unspecified atom stereocenters. The molecule has 1 aliphatic rings. The summed E-state index contributed by atoms with van der Waals surface area (Å²) < 4.78 is 0. The highest BCUT2D eigenvalue weighted by Gasteiger charge is 2.28. The van der Waals surface area contributed by atoms with Crippen LogP contribution in [-0.4, -0.2) is 59.0 Å². The third kappa shape index (κ3) is 3.44. The number of carbonyl (C=O) groups excluding carboxylic acids is 1. The first kappa shape index (κ1) is 16.0. The summed E-state index contributed by atoms with van der Waals surface area (Å²) in [6.07, 6.45) is 0.944. The van der Waals surface area contributed by atoms with E-state index >= 15 is 0 Å². The minimum atomic E-state index is -0.809. The van der Waals surface area contributed by atoms with Gasteiger partial charge in [-0.15, -0.1) is 11.3 Å². The molecule has 1 fully saturated rings. The maximum atomic E-state index is 12.5. The molecule has 116 valence electrons. The van der Waals surface area contributed by atoms with Crippen molar-refractivity contribution in [1.82, 2.24) is 9.80 Å². The van der Waals surface area contributed by atoms with Crippen LogP contribution in [0.3, 0.4) is 0 Å². The van der Waals surface area contributed by atoms with Crippen LogP contribution < -0.4 is 0 Å². The van der Waals surface area contributed by atoms with Crippen molar-refractivity contribution in [2.75, 3.05) is 26.2 Å². The zero-order valence-electron chi connectivity index (χ0n) is 12.8. The number of thiophene rings is 1. The monoisotopic (exact) mass is 310 g/mol. The quantitative estimate of drug-likeness (QED) is 0.922. The lowest BCUT2D eigenvalue weighted by molar-refractivity contribution is -0.143. The molecule has 21 heavy (non-hydrogen) atoms. The largest absolute Gasteiger partial charge is 0.480 e. The molecule has 2 heterocycles. The number of piperazine rings is 1. The topological polar surface area (TPSA) is 60.9 Å². The predicted octanol–water partition coefficient (Wildman–Crippen LogP) is 1.85. The molecule has 1 saturated heterocycles. The third-order valence-corrected chi connectivity index (χ3v) is 5.20. The predicted molar refractivity (Wildman–Crippen MR) is 83.0 cm³/mol. The third-order valence-electron chi connectivity index (χ3n) is 4.12. The van der Waals surface area contributed by atoms with Crippen LogP contribution >= 0.6 is 11.3 Å². The van der Waals surface area contributed by atoms with E-state index in [1.165, 1.54) is 10.4 Å². The second-order valence-electron chi connectivity index (χ2n) is 5.39. The second-order valence-corrected chi connectivity index (χ2v) is 6.64. The molecule has 5 nitrogen and oxygen atoms in total. The molecule has 1 aromatic heterocycles. The maximum absolute atomic E-state index is 12.5. The summed E-state index contributed by atoms with van der Waals surface area (Å²) in [5.74, 6) is -0.735. The molecule has 1 amide bonds. The first-order valence-electron chi connectivity index (χ1n) is 7.29. The highest BCUT2D eigenvalue weighted by molar-refractivity contribution is 7.14. The van der Waals surface area contributed by atoms with Crippen LogP contribution in [0.5, 0.6) is 0 Å². The Kier molecular flexibility index (Phi) is 5.00. The number of carbonyl (C=O) groups is 2. The first-order chi connectivity index (χ1) is 9.93. The number of nitrogens with zero attached hydrogens (tertiary/aromatic N) is 2. The molecule has 6 heteroatoms. The van der Waals surface area contributed by atoms with Gasteiger partial charge in [-0.2, -0.15) is 0 Å². The lowest BCUT2D eigenvalue weighted by Crippen LogP contribution is -2.53. The first-order valence-corrected chi connectivity index (χ1v) is 8.11. The molecular formula is C15H22N2O3S. The van der Waals surface area contributed by atoms with Gasteiger partial charge in [0.1, 0.15) is 6.04 Å². The molecule has 2 rings (SSSR count). The fourth-order valence-corrected chi connectivity index (χ4v) is 3.68. The zero-order valence-corrected chi connectivity index (χ0v) is 13.6. The molecule has 1 atom stereocenters. The van der Waals surface area contributed by atoms with Crippen molar-refractivity contribution >= 4 is 23.2 Å². The van der Waals surface area contributed by atoms with Crippen molar-refractivity contribution in [3.05, 3.63) is 21.4 Å². The van der Waals surface area contributed by atoms with Crippen molar-refractivity contribution in [1.29, 1.82) is 0 Å². The lowest BCUT2D eigenvalue weighted by Gasteiger charge is -2.36. The Morgan fingerprint density at radius 2 is 1.95 bits per heavy atom. The molecule has 0 radical (unpaired) electrons. The molecule has 0 saturated carbocycles. The van der Waals surface area contributed by atoms with Crippen LogP contribution in [0.25, 0.3) is 0 Å². The highest BCUT2D eigenvalue weighted by Crippen LogP contribution is 2.24. The molecule has 1 aliphatic heterocycles. The Bertz CT molecular complexity index is 533. The Morgan fingerprint density at radius 1 is 1.33 bits per heavy atom. The molecular weight excluding hydrogens is 288 g/mol. The van der Waals surface area contributed by atoms with Crippen LogP contribution in [0.4, 0.5) is 0 Å². The fourth-order valence-electron chi connectivity index (χ4n) is 2.60. The summed E-state index contributed by atoms with van der Waals surface area (Å²) in [4.78, 5) is 29.2. The van der Waals surface area contributed by atoms with Gasteiger partial charge in [0.2, 0.25) is 0 Å². The van der Waals surface area contributed by atoms with Crippen LogP contribution in [0.2, 0.25) is 0 Å². The van der Waals surface area contributed by atoms with Crippen molar-refractivity contribution < 1.29 is 14.7 Å². The van der Waals surface area contributed by atoms with E-state index in [1.54, 1.807) is 18.3 Å². The molecule has 0 aliphatic carbocycles. The number of rotatable bonds is 4. The summed E-state index contributed by atoms with van der Waals surface area (Å²) in [6, 6.07) is 1.51. The molecule has 0 aromatic carbocycles. The van der Waals surface area contributed by atoms with Crippen LogP contribution in [0.1, 0.15) is 34.0 Å². The Hall–Kier alpha value is -1.40. The fraction of sp³-hybridized carbons (Fsp3) is 0.600. The number of amides is 1. The van der Waals surface area contributed by atoms with Gasteiger partial charge in [0, 0.05) is 31.1 Å². The van der Waals surface area contributed by atoms with E-state index in [4.69, 9.17) is 5.11 Å². The Labute approximate surface area is 129 Å². The number of aryl methyl sites for hydroxylation is 2. The summed E-state index contributed by atoms with van der Waals surface area (Å²) in [7, 11) is 0. The average Bonchev–Trinajstić information content (AvgIpc) is 2.87. The van der Waals surface area contributed by atoms with Gasteiger partial charge >= 0.3 is 5.97 Å². The van der Waals surface area contributed by atoms with E-state index < -0.39 is 12.0 Å². The molecule has 1 N–H and O–H groups in total. The number of aliphatic carboxylic acids is 1. The Morgan fingerprint density at radius 3 is 2.43 bits per heavy atom. The molecule has 0 bridgehead atoms. The van der Waals surface area contributed by atoms with E-state index in [1.807, 2.05) is 22.8 Å². The van der Waals surface area contributed by atoms with Crippen molar-refractivity contribution in [2.45, 2.75) is 33.2 Å². The summed E-state index contributed by atoms with van der Waals surface area (Å²) in [5.41, 5.74) is 1.24. The molecule has 1 aromatic rings. The SMILES string of the molecule is CCc1cc(C(=O)N2CCN(C(C)C(=O)O)CC2)sc1C. The maximum Gasteiger partial charge on any atom is 0.320 e. The minimum Gasteiger partial charge on any atom is -0.480 e. The summed E-state index contributed by atoms with van der Waals surface area (Å²) in [6.45, 7) is 8.25. The number of hydrogen-bond donors (Lipinski definition) is 1. The average molecular weight is 310 g/mol. The van der Waals surface area contributed by atoms with Gasteiger partial charge in [-0.1, -0.05) is 6.92 Å². The highest BCUT2D eigenvalue weighted by atomic mass is 32.1. The van der Waals surface area contributed by atoms with E-state index in [2.05, 4.69) is 6.92 Å². The van der Waals surface area contributed by atoms with E-state index in [0.29, 0.717) is 26.2 Å². The second kappa shape index (κ2) is 6.58. The van der Waals surface area contributed by atoms with Crippen molar-refractivity contribution in [3.8, 4) is 0 Å². The van der Waals surface area contributed by atoms with E-state index in [9.17, 15) is 9.59 Å². The number of carboxylic acid groups (broad SMARTS) is 1.